The summed E-state index contributed by atoms with van der Waals surface area (Å²) in [4.78, 5) is 13.6. The lowest BCUT2D eigenvalue weighted by Gasteiger charge is -2.37. The number of halogens is 2. The molecule has 0 radical (unpaired) electrons. The van der Waals surface area contributed by atoms with Crippen LogP contribution >= 0.6 is 0 Å². The molecule has 2 aliphatic carbocycles. The Morgan fingerprint density at radius 2 is 1.84 bits per heavy atom. The smallest absolute Gasteiger partial charge is 0.218 e. The largest absolute Gasteiger partial charge is 0.263 e. The molecule has 1 fully saturated rings. The Hall–Kier alpha value is -3.67. The van der Waals surface area contributed by atoms with Crippen LogP contribution in [0, 0.1) is 17.0 Å². The molecular weight excluding hydrogens is 512 g/mol. The zero-order valence-electron chi connectivity index (χ0n) is 21.0. The monoisotopic (exact) mass is 537 g/mol. The lowest BCUT2D eigenvalue weighted by molar-refractivity contribution is 0.243. The van der Waals surface area contributed by atoms with Crippen molar-refractivity contribution in [3.8, 4) is 22.9 Å². The molecule has 0 spiro atoms. The number of aryl methyl sites for hydroxylation is 1. The topological polar surface area (TPSA) is 127 Å². The summed E-state index contributed by atoms with van der Waals surface area (Å²) in [5.74, 6) is -0.290. The number of nitrogens with zero attached hydrogens (tertiary/aromatic N) is 6. The second kappa shape index (κ2) is 8.42. The number of hydrogen-bond acceptors (Lipinski definition) is 8. The van der Waals surface area contributed by atoms with Crippen LogP contribution in [0.4, 0.5) is 8.78 Å². The minimum absolute atomic E-state index is 0.0462. The van der Waals surface area contributed by atoms with Crippen molar-refractivity contribution in [2.45, 2.75) is 44.4 Å². The lowest BCUT2D eigenvalue weighted by Crippen LogP contribution is -2.38. The van der Waals surface area contributed by atoms with E-state index in [2.05, 4.69) is 44.2 Å². The van der Waals surface area contributed by atoms with Gasteiger partial charge < -0.3 is 0 Å². The Labute approximate surface area is 218 Å². The fourth-order valence-corrected chi connectivity index (χ4v) is 6.81. The number of fused-ring (bicyclic) bond motifs is 5. The van der Waals surface area contributed by atoms with E-state index < -0.39 is 26.9 Å². The number of aromatic nitrogens is 7. The minimum atomic E-state index is -3.14. The second-order valence-electron chi connectivity index (χ2n) is 10.6. The minimum Gasteiger partial charge on any atom is -0.263 e. The highest BCUT2D eigenvalue weighted by atomic mass is 32.2. The zero-order chi connectivity index (χ0) is 26.9. The van der Waals surface area contributed by atoms with Gasteiger partial charge in [0, 0.05) is 18.9 Å². The normalized spacial score (nSPS) is 21.6. The first-order valence-electron chi connectivity index (χ1n) is 12.3. The predicted octanol–water partition coefficient (Wildman–Crippen LogP) is 3.79. The molecule has 0 aliphatic heterocycles. The summed E-state index contributed by atoms with van der Waals surface area (Å²) in [5, 5.41) is 15.8. The molecule has 3 aromatic heterocycles. The molecule has 9 nitrogen and oxygen atoms in total. The first kappa shape index (κ1) is 24.7. The highest BCUT2D eigenvalue weighted by Crippen LogP contribution is 2.69. The van der Waals surface area contributed by atoms with E-state index >= 15 is 0 Å². The van der Waals surface area contributed by atoms with E-state index in [1.165, 1.54) is 24.5 Å². The molecule has 0 saturated heterocycles. The summed E-state index contributed by atoms with van der Waals surface area (Å²) < 4.78 is 52.0. The van der Waals surface area contributed by atoms with Crippen LogP contribution in [0.5, 0.6) is 0 Å². The van der Waals surface area contributed by atoms with Gasteiger partial charge in [0.15, 0.2) is 5.82 Å². The standard InChI is InChI=1S/C26H25F2N7O2S/c1-25(2)15-7-10-26(25,22-14(15)13-18(32-34-22)21-16(27)5-4-6-17(21)28)19-8-11-29-23(30-19)24-31-20(33-35-24)9-12-38(3,36)37/h4-6,8,11,13,15H,7,9-10,12H2,1-3H3,(H,31,33,35)/t15-,26+/m0/s1. The quantitative estimate of drug-likeness (QED) is 0.394. The molecule has 3 heterocycles. The Balaban J connectivity index is 1.41. The molecule has 2 atom stereocenters. The molecule has 1 N–H and O–H groups in total. The van der Waals surface area contributed by atoms with Crippen molar-refractivity contribution in [1.82, 2.24) is 35.3 Å². The molecule has 0 amide bonds. The van der Waals surface area contributed by atoms with Gasteiger partial charge in [-0.25, -0.2) is 32.2 Å². The molecule has 1 aromatic carbocycles. The predicted molar refractivity (Wildman–Crippen MR) is 135 cm³/mol. The molecule has 12 heteroatoms. The van der Waals surface area contributed by atoms with Gasteiger partial charge in [0.2, 0.25) is 5.82 Å². The third-order valence-electron chi connectivity index (χ3n) is 8.14. The van der Waals surface area contributed by atoms with Crippen LogP contribution in [0.15, 0.2) is 36.5 Å². The Kier molecular flexibility index (Phi) is 5.46. The third-order valence-corrected chi connectivity index (χ3v) is 9.08. The van der Waals surface area contributed by atoms with E-state index in [4.69, 9.17) is 4.98 Å². The first-order valence-corrected chi connectivity index (χ1v) is 14.3. The number of sulfone groups is 1. The van der Waals surface area contributed by atoms with Gasteiger partial charge in [0.25, 0.3) is 0 Å². The summed E-state index contributed by atoms with van der Waals surface area (Å²) in [6.07, 6.45) is 4.67. The maximum Gasteiger partial charge on any atom is 0.218 e. The Morgan fingerprint density at radius 1 is 1.08 bits per heavy atom. The average molecular weight is 538 g/mol. The molecule has 38 heavy (non-hydrogen) atoms. The third kappa shape index (κ3) is 3.64. The van der Waals surface area contributed by atoms with Crippen molar-refractivity contribution in [2.24, 2.45) is 5.41 Å². The van der Waals surface area contributed by atoms with Gasteiger partial charge in [0.05, 0.1) is 33.8 Å². The van der Waals surface area contributed by atoms with Crippen molar-refractivity contribution in [1.29, 1.82) is 0 Å². The number of nitrogens with one attached hydrogen (secondary N) is 1. The highest BCUT2D eigenvalue weighted by molar-refractivity contribution is 7.90. The van der Waals surface area contributed by atoms with Gasteiger partial charge in [-0.15, -0.1) is 10.2 Å². The van der Waals surface area contributed by atoms with Gasteiger partial charge in [-0.05, 0) is 54.0 Å². The van der Waals surface area contributed by atoms with Crippen molar-refractivity contribution in [2.75, 3.05) is 12.0 Å². The van der Waals surface area contributed by atoms with Gasteiger partial charge in [0.1, 0.15) is 27.3 Å². The van der Waals surface area contributed by atoms with Crippen LogP contribution < -0.4 is 0 Å². The van der Waals surface area contributed by atoms with Crippen LogP contribution in [-0.2, 0) is 21.7 Å². The molecule has 4 aromatic rings. The van der Waals surface area contributed by atoms with Gasteiger partial charge >= 0.3 is 0 Å². The van der Waals surface area contributed by atoms with Crippen LogP contribution in [0.2, 0.25) is 0 Å². The van der Waals surface area contributed by atoms with Crippen molar-refractivity contribution in [3.05, 3.63) is 70.9 Å². The number of hydrogen-bond donors (Lipinski definition) is 1. The van der Waals surface area contributed by atoms with E-state index in [9.17, 15) is 17.2 Å². The van der Waals surface area contributed by atoms with E-state index in [-0.39, 0.29) is 40.6 Å². The van der Waals surface area contributed by atoms with Crippen LogP contribution in [-0.4, -0.2) is 55.8 Å². The Bertz CT molecular complexity index is 1670. The van der Waals surface area contributed by atoms with Crippen molar-refractivity contribution < 1.29 is 17.2 Å². The maximum atomic E-state index is 14.5. The molecule has 2 aliphatic rings. The second-order valence-corrected chi connectivity index (χ2v) is 12.9. The molecule has 6 rings (SSSR count). The van der Waals surface area contributed by atoms with E-state index in [1.807, 2.05) is 6.07 Å². The van der Waals surface area contributed by atoms with Crippen LogP contribution in [0.25, 0.3) is 22.9 Å². The van der Waals surface area contributed by atoms with E-state index in [0.29, 0.717) is 11.6 Å². The summed E-state index contributed by atoms with van der Waals surface area (Å²) in [7, 11) is -3.14. The number of rotatable bonds is 6. The lowest BCUT2D eigenvalue weighted by atomic mass is 9.66. The molecule has 0 unspecified atom stereocenters. The number of aromatic amines is 1. The van der Waals surface area contributed by atoms with E-state index in [1.54, 1.807) is 12.3 Å². The summed E-state index contributed by atoms with van der Waals surface area (Å²) >= 11 is 0. The maximum absolute atomic E-state index is 14.5. The van der Waals surface area contributed by atoms with Crippen LogP contribution in [0.3, 0.4) is 0 Å². The molecule has 1 saturated carbocycles. The zero-order valence-corrected chi connectivity index (χ0v) is 21.9. The fourth-order valence-electron chi connectivity index (χ4n) is 6.25. The summed E-state index contributed by atoms with van der Waals surface area (Å²) in [6, 6.07) is 7.37. The molecule has 196 valence electrons. The first-order chi connectivity index (χ1) is 18.0. The average Bonchev–Trinajstić information content (AvgIpc) is 3.50. The Morgan fingerprint density at radius 3 is 2.58 bits per heavy atom. The van der Waals surface area contributed by atoms with E-state index in [0.717, 1.165) is 29.8 Å². The molecular formula is C26H25F2N7O2S. The van der Waals surface area contributed by atoms with Crippen molar-refractivity contribution >= 4 is 9.84 Å². The SMILES string of the molecule is CC1(C)[C@H]2CC[C@@]1(c1ccnc(-c3n[nH]c(CCS(C)(=O)=O)n3)n1)c1nnc(-c3c(F)cccc3F)cc12. The highest BCUT2D eigenvalue weighted by Gasteiger charge is 2.65. The number of benzene rings is 1. The van der Waals surface area contributed by atoms with Gasteiger partial charge in [-0.2, -0.15) is 5.10 Å². The summed E-state index contributed by atoms with van der Waals surface area (Å²) in [5.41, 5.74) is 1.53. The van der Waals surface area contributed by atoms with Gasteiger partial charge in [-0.1, -0.05) is 19.9 Å². The fraction of sp³-hybridized carbons (Fsp3) is 0.385. The van der Waals surface area contributed by atoms with Gasteiger partial charge in [-0.3, -0.25) is 5.10 Å². The van der Waals surface area contributed by atoms with Crippen LogP contribution in [0.1, 0.15) is 55.4 Å². The molecule has 2 bridgehead atoms. The van der Waals surface area contributed by atoms with Crippen molar-refractivity contribution in [3.63, 3.8) is 0 Å². The number of H-pyrrole nitrogens is 1. The summed E-state index contributed by atoms with van der Waals surface area (Å²) in [6.45, 7) is 4.32.